The highest BCUT2D eigenvalue weighted by Crippen LogP contribution is 2.28. The normalized spacial score (nSPS) is 18.0. The molecule has 0 N–H and O–H groups in total. The molecule has 2 aromatic rings. The molecular weight excluding hydrogens is 278 g/mol. The van der Waals surface area contributed by atoms with E-state index in [-0.39, 0.29) is 0 Å². The molecule has 2 aromatic carbocycles. The Balaban J connectivity index is 1.97. The Hall–Kier alpha value is -1.86. The minimum Gasteiger partial charge on any atom is -0.294 e. The van der Waals surface area contributed by atoms with Crippen LogP contribution in [0.2, 0.25) is 0 Å². The molecule has 1 heterocycles. The Kier molecular flexibility index (Phi) is 4.97. The zero-order chi connectivity index (χ0) is 16.1. The highest BCUT2D eigenvalue weighted by Gasteiger charge is 2.29. The molecule has 1 fully saturated rings. The largest absolute Gasteiger partial charge is 0.294 e. The fourth-order valence-corrected chi connectivity index (χ4v) is 3.99. The molecule has 0 saturated carbocycles. The quantitative estimate of drug-likeness (QED) is 0.482. The number of fused-ring (bicyclic) bond motifs is 1. The lowest BCUT2D eigenvalue weighted by Gasteiger charge is -2.39. The fraction of sp³-hybridized carbons (Fsp3) is 0.364. The Labute approximate surface area is 140 Å². The summed E-state index contributed by atoms with van der Waals surface area (Å²) in [6.07, 6.45) is 9.58. The number of rotatable bonds is 5. The second kappa shape index (κ2) is 7.14. The number of hydrogen-bond acceptors (Lipinski definition) is 0. The smallest absolute Gasteiger partial charge is 0.109 e. The molecule has 0 amide bonds. The molecule has 1 nitrogen and oxygen atoms in total. The highest BCUT2D eigenvalue weighted by atomic mass is 15.3. The lowest BCUT2D eigenvalue weighted by molar-refractivity contribution is -0.897. The topological polar surface area (TPSA) is 0 Å². The van der Waals surface area contributed by atoms with Crippen LogP contribution in [-0.4, -0.2) is 17.6 Å². The van der Waals surface area contributed by atoms with Gasteiger partial charge in [0.15, 0.2) is 0 Å². The summed E-state index contributed by atoms with van der Waals surface area (Å²) in [5.74, 6) is 0. The van der Waals surface area contributed by atoms with Gasteiger partial charge in [0.25, 0.3) is 0 Å². The van der Waals surface area contributed by atoms with Crippen molar-refractivity contribution in [2.24, 2.45) is 0 Å². The van der Waals surface area contributed by atoms with Crippen molar-refractivity contribution in [3.63, 3.8) is 0 Å². The van der Waals surface area contributed by atoms with Crippen molar-refractivity contribution in [3.8, 4) is 0 Å². The Bertz CT molecular complexity index is 699. The van der Waals surface area contributed by atoms with E-state index in [2.05, 4.69) is 62.2 Å². The van der Waals surface area contributed by atoms with Gasteiger partial charge in [-0.2, -0.15) is 0 Å². The van der Waals surface area contributed by atoms with Crippen LogP contribution in [0.4, 0.5) is 0 Å². The maximum absolute atomic E-state index is 3.89. The summed E-state index contributed by atoms with van der Waals surface area (Å²) in [6, 6.07) is 15.5. The number of piperidine rings is 1. The molecule has 23 heavy (non-hydrogen) atoms. The van der Waals surface area contributed by atoms with Crippen LogP contribution in [0.1, 0.15) is 38.2 Å². The van der Waals surface area contributed by atoms with Crippen LogP contribution in [0.3, 0.4) is 0 Å². The molecule has 1 heteroatoms. The molecule has 0 bridgehead atoms. The van der Waals surface area contributed by atoms with Crippen molar-refractivity contribution in [2.45, 2.75) is 39.2 Å². The van der Waals surface area contributed by atoms with Crippen LogP contribution in [0.25, 0.3) is 10.8 Å². The Morgan fingerprint density at radius 2 is 1.78 bits per heavy atom. The SMILES string of the molecule is C=CC/C(C)=C/[N+]1(Cc2cccc3ccccc23)CCCCC1. The lowest BCUT2D eigenvalue weighted by atomic mass is 10.0. The maximum Gasteiger partial charge on any atom is 0.109 e. The molecule has 0 spiro atoms. The molecule has 0 atom stereocenters. The summed E-state index contributed by atoms with van der Waals surface area (Å²) in [5.41, 5.74) is 2.93. The summed E-state index contributed by atoms with van der Waals surface area (Å²) in [6.45, 7) is 9.77. The maximum atomic E-state index is 3.89. The van der Waals surface area contributed by atoms with Gasteiger partial charge in [0, 0.05) is 5.56 Å². The van der Waals surface area contributed by atoms with E-state index in [0.29, 0.717) is 0 Å². The third-order valence-corrected chi connectivity index (χ3v) is 5.03. The fourth-order valence-electron chi connectivity index (χ4n) is 3.99. The van der Waals surface area contributed by atoms with Crippen molar-refractivity contribution in [1.29, 1.82) is 0 Å². The first-order valence-corrected chi connectivity index (χ1v) is 8.84. The average Bonchev–Trinajstić information content (AvgIpc) is 2.56. The second-order valence-corrected chi connectivity index (χ2v) is 6.99. The van der Waals surface area contributed by atoms with Gasteiger partial charge in [-0.1, -0.05) is 48.5 Å². The van der Waals surface area contributed by atoms with Crippen molar-refractivity contribution >= 4 is 10.8 Å². The third-order valence-electron chi connectivity index (χ3n) is 5.03. The van der Waals surface area contributed by atoms with E-state index in [1.165, 1.54) is 54.3 Å². The van der Waals surface area contributed by atoms with Crippen molar-refractivity contribution < 1.29 is 4.48 Å². The summed E-state index contributed by atoms with van der Waals surface area (Å²) in [7, 11) is 0. The highest BCUT2D eigenvalue weighted by molar-refractivity contribution is 5.85. The number of nitrogens with zero attached hydrogens (tertiary/aromatic N) is 1. The minimum absolute atomic E-state index is 0.996. The van der Waals surface area contributed by atoms with Crippen molar-refractivity contribution in [1.82, 2.24) is 0 Å². The number of likely N-dealkylation sites (tertiary alicyclic amines) is 1. The van der Waals surface area contributed by atoms with Crippen LogP contribution < -0.4 is 0 Å². The molecule has 3 rings (SSSR count). The standard InChI is InChI=1S/C22H28N/c1-3-10-19(2)17-23(15-7-4-8-16-23)18-21-13-9-12-20-11-5-6-14-22(20)21/h3,5-6,9,11-14,17H,1,4,7-8,10,15-16,18H2,2H3/q+1/b19-17+. The van der Waals surface area contributed by atoms with Crippen molar-refractivity contribution in [2.75, 3.05) is 13.1 Å². The van der Waals surface area contributed by atoms with Gasteiger partial charge in [0.2, 0.25) is 0 Å². The van der Waals surface area contributed by atoms with Crippen LogP contribution in [-0.2, 0) is 6.54 Å². The van der Waals surface area contributed by atoms with Gasteiger partial charge in [0.1, 0.15) is 6.54 Å². The summed E-state index contributed by atoms with van der Waals surface area (Å²) >= 11 is 0. The van der Waals surface area contributed by atoms with Gasteiger partial charge in [0.05, 0.1) is 19.3 Å². The molecule has 1 aliphatic rings. The minimum atomic E-state index is 0.996. The molecule has 120 valence electrons. The number of allylic oxidation sites excluding steroid dienone is 2. The molecule has 1 aliphatic heterocycles. The summed E-state index contributed by atoms with van der Waals surface area (Å²) in [5, 5.41) is 2.76. The van der Waals surface area contributed by atoms with E-state index in [4.69, 9.17) is 0 Å². The Morgan fingerprint density at radius 3 is 2.57 bits per heavy atom. The molecule has 0 unspecified atom stereocenters. The third kappa shape index (κ3) is 3.73. The number of benzene rings is 2. The zero-order valence-electron chi connectivity index (χ0n) is 14.3. The molecule has 0 radical (unpaired) electrons. The molecule has 0 aliphatic carbocycles. The summed E-state index contributed by atoms with van der Waals surface area (Å²) < 4.78 is 1.10. The van der Waals surface area contributed by atoms with E-state index in [0.717, 1.165) is 17.4 Å². The van der Waals surface area contributed by atoms with Gasteiger partial charge < -0.3 is 0 Å². The lowest BCUT2D eigenvalue weighted by Crippen LogP contribution is -2.46. The van der Waals surface area contributed by atoms with Gasteiger partial charge in [-0.15, -0.1) is 6.58 Å². The monoisotopic (exact) mass is 306 g/mol. The van der Waals surface area contributed by atoms with Crippen molar-refractivity contribution in [3.05, 3.63) is 72.5 Å². The Morgan fingerprint density at radius 1 is 1.04 bits per heavy atom. The van der Waals surface area contributed by atoms with E-state index in [9.17, 15) is 0 Å². The molecule has 0 aromatic heterocycles. The van der Waals surface area contributed by atoms with Gasteiger partial charge >= 0.3 is 0 Å². The predicted octanol–water partition coefficient (Wildman–Crippen LogP) is 5.82. The van der Waals surface area contributed by atoms with Gasteiger partial charge in [-0.05, 0) is 49.0 Å². The van der Waals surface area contributed by atoms with Crippen LogP contribution >= 0.6 is 0 Å². The average molecular weight is 306 g/mol. The first kappa shape index (κ1) is 16.0. The van der Waals surface area contributed by atoms with Crippen LogP contribution in [0, 0.1) is 0 Å². The van der Waals surface area contributed by atoms with E-state index in [1.54, 1.807) is 0 Å². The number of hydrogen-bond donors (Lipinski definition) is 0. The van der Waals surface area contributed by atoms with E-state index in [1.807, 2.05) is 6.08 Å². The van der Waals surface area contributed by atoms with E-state index >= 15 is 0 Å². The predicted molar refractivity (Wildman–Crippen MR) is 100 cm³/mol. The number of quaternary nitrogens is 1. The molecular formula is C22H28N+. The first-order valence-electron chi connectivity index (χ1n) is 8.84. The van der Waals surface area contributed by atoms with Gasteiger partial charge in [-0.25, -0.2) is 0 Å². The van der Waals surface area contributed by atoms with Crippen LogP contribution in [0.5, 0.6) is 0 Å². The van der Waals surface area contributed by atoms with E-state index < -0.39 is 0 Å². The van der Waals surface area contributed by atoms with Gasteiger partial charge in [-0.3, -0.25) is 4.48 Å². The summed E-state index contributed by atoms with van der Waals surface area (Å²) in [4.78, 5) is 0. The zero-order valence-corrected chi connectivity index (χ0v) is 14.3. The second-order valence-electron chi connectivity index (χ2n) is 6.99. The first-order chi connectivity index (χ1) is 11.2. The van der Waals surface area contributed by atoms with Crippen LogP contribution in [0.15, 0.2) is 66.9 Å². The molecule has 1 saturated heterocycles.